The molecule has 0 atom stereocenters. The third kappa shape index (κ3) is 2.42. The first-order valence-electron chi connectivity index (χ1n) is 5.66. The Morgan fingerprint density at radius 2 is 2.24 bits per heavy atom. The molecule has 1 aliphatic heterocycles. The summed E-state index contributed by atoms with van der Waals surface area (Å²) >= 11 is 0. The Bertz CT molecular complexity index is 438. The van der Waals surface area contributed by atoms with E-state index >= 15 is 0 Å². The Morgan fingerprint density at radius 1 is 1.53 bits per heavy atom. The number of carbonyl (C=O) groups excluding carboxylic acids is 1. The molecule has 4 heteroatoms. The van der Waals surface area contributed by atoms with Gasteiger partial charge in [-0.2, -0.15) is 0 Å². The van der Waals surface area contributed by atoms with Crippen molar-refractivity contribution in [2.75, 3.05) is 19.8 Å². The second kappa shape index (κ2) is 4.37. The quantitative estimate of drug-likeness (QED) is 0.834. The molecule has 1 saturated heterocycles. The van der Waals surface area contributed by atoms with Gasteiger partial charge in [0.2, 0.25) is 0 Å². The maximum Gasteiger partial charge on any atom is 0.251 e. The van der Waals surface area contributed by atoms with Gasteiger partial charge < -0.3 is 15.2 Å². The van der Waals surface area contributed by atoms with Crippen LogP contribution < -0.4 is 5.32 Å². The molecule has 2 rings (SSSR count). The molecular formula is C13H17NO3. The average molecular weight is 235 g/mol. The molecule has 0 aromatic heterocycles. The molecule has 2 N–H and O–H groups in total. The minimum Gasteiger partial charge on any atom is -0.508 e. The van der Waals surface area contributed by atoms with Crippen LogP contribution in [-0.2, 0) is 4.74 Å². The molecule has 1 amide bonds. The van der Waals surface area contributed by atoms with E-state index in [2.05, 4.69) is 12.2 Å². The molecule has 1 aliphatic rings. The molecule has 1 aromatic rings. The third-order valence-corrected chi connectivity index (χ3v) is 3.13. The SMILES string of the molecule is Cc1c(O)cccc1C(=O)NCC1(C)COC1. The largest absolute Gasteiger partial charge is 0.508 e. The molecule has 0 saturated carbocycles. The van der Waals surface area contributed by atoms with Gasteiger partial charge >= 0.3 is 0 Å². The summed E-state index contributed by atoms with van der Waals surface area (Å²) in [7, 11) is 0. The van der Waals surface area contributed by atoms with Gasteiger partial charge in [-0.1, -0.05) is 13.0 Å². The third-order valence-electron chi connectivity index (χ3n) is 3.13. The van der Waals surface area contributed by atoms with E-state index in [1.807, 2.05) is 0 Å². The molecule has 1 heterocycles. The smallest absolute Gasteiger partial charge is 0.251 e. The van der Waals surface area contributed by atoms with E-state index < -0.39 is 0 Å². The van der Waals surface area contributed by atoms with Gasteiger partial charge in [0.05, 0.1) is 13.2 Å². The van der Waals surface area contributed by atoms with Crippen LogP contribution in [0.15, 0.2) is 18.2 Å². The summed E-state index contributed by atoms with van der Waals surface area (Å²) < 4.78 is 5.13. The molecule has 0 bridgehead atoms. The predicted octanol–water partition coefficient (Wildman–Crippen LogP) is 1.47. The van der Waals surface area contributed by atoms with E-state index in [0.29, 0.717) is 30.9 Å². The zero-order chi connectivity index (χ0) is 12.5. The van der Waals surface area contributed by atoms with Crippen LogP contribution >= 0.6 is 0 Å². The van der Waals surface area contributed by atoms with E-state index in [0.717, 1.165) is 0 Å². The number of rotatable bonds is 3. The maximum absolute atomic E-state index is 11.9. The number of carbonyl (C=O) groups is 1. The molecule has 92 valence electrons. The summed E-state index contributed by atoms with van der Waals surface area (Å²) in [5, 5.41) is 12.4. The van der Waals surface area contributed by atoms with Crippen molar-refractivity contribution in [2.45, 2.75) is 13.8 Å². The Labute approximate surface area is 101 Å². The first-order chi connectivity index (χ1) is 8.02. The van der Waals surface area contributed by atoms with E-state index in [9.17, 15) is 9.90 Å². The molecule has 0 spiro atoms. The normalized spacial score (nSPS) is 17.3. The maximum atomic E-state index is 11.9. The van der Waals surface area contributed by atoms with Crippen molar-refractivity contribution in [3.8, 4) is 5.75 Å². The Balaban J connectivity index is 2.02. The second-order valence-corrected chi connectivity index (χ2v) is 4.94. The van der Waals surface area contributed by atoms with E-state index in [-0.39, 0.29) is 17.1 Å². The highest BCUT2D eigenvalue weighted by Gasteiger charge is 2.33. The molecule has 0 radical (unpaired) electrons. The van der Waals surface area contributed by atoms with Crippen LogP contribution in [0.5, 0.6) is 5.75 Å². The van der Waals surface area contributed by atoms with Crippen molar-refractivity contribution in [1.82, 2.24) is 5.32 Å². The van der Waals surface area contributed by atoms with E-state index in [4.69, 9.17) is 4.74 Å². The van der Waals surface area contributed by atoms with Crippen molar-refractivity contribution in [3.63, 3.8) is 0 Å². The Morgan fingerprint density at radius 3 is 2.82 bits per heavy atom. The van der Waals surface area contributed by atoms with Gasteiger partial charge in [-0.05, 0) is 19.1 Å². The molecule has 1 aromatic carbocycles. The van der Waals surface area contributed by atoms with Crippen molar-refractivity contribution >= 4 is 5.91 Å². The number of aromatic hydroxyl groups is 1. The summed E-state index contributed by atoms with van der Waals surface area (Å²) in [5.41, 5.74) is 1.19. The fraction of sp³-hybridized carbons (Fsp3) is 0.462. The van der Waals surface area contributed by atoms with Gasteiger partial charge in [-0.3, -0.25) is 4.79 Å². The number of amides is 1. The van der Waals surface area contributed by atoms with Crippen LogP contribution in [0.25, 0.3) is 0 Å². The number of benzene rings is 1. The highest BCUT2D eigenvalue weighted by molar-refractivity contribution is 5.96. The summed E-state index contributed by atoms with van der Waals surface area (Å²) in [6.07, 6.45) is 0. The average Bonchev–Trinajstić information content (AvgIpc) is 2.27. The Kier molecular flexibility index (Phi) is 3.07. The minimum atomic E-state index is -0.147. The number of phenols is 1. The highest BCUT2D eigenvalue weighted by Crippen LogP contribution is 2.25. The lowest BCUT2D eigenvalue weighted by atomic mass is 9.88. The lowest BCUT2D eigenvalue weighted by Crippen LogP contribution is -2.48. The van der Waals surface area contributed by atoms with Crippen molar-refractivity contribution in [3.05, 3.63) is 29.3 Å². The standard InChI is InChI=1S/C13H17NO3/c1-9-10(4-3-5-11(9)15)12(16)14-6-13(2)7-17-8-13/h3-5,15H,6-8H2,1-2H3,(H,14,16). The Hall–Kier alpha value is -1.55. The summed E-state index contributed by atoms with van der Waals surface area (Å²) in [4.78, 5) is 11.9. The molecule has 17 heavy (non-hydrogen) atoms. The van der Waals surface area contributed by atoms with Crippen LogP contribution in [0.3, 0.4) is 0 Å². The lowest BCUT2D eigenvalue weighted by molar-refractivity contribution is -0.0978. The zero-order valence-electron chi connectivity index (χ0n) is 10.1. The van der Waals surface area contributed by atoms with Crippen LogP contribution in [-0.4, -0.2) is 30.8 Å². The molecule has 1 fully saturated rings. The number of ether oxygens (including phenoxy) is 1. The van der Waals surface area contributed by atoms with Gasteiger partial charge in [-0.25, -0.2) is 0 Å². The summed E-state index contributed by atoms with van der Waals surface area (Å²) in [6.45, 7) is 5.78. The number of hydrogen-bond donors (Lipinski definition) is 2. The fourth-order valence-corrected chi connectivity index (χ4v) is 1.81. The molecular weight excluding hydrogens is 218 g/mol. The second-order valence-electron chi connectivity index (χ2n) is 4.94. The van der Waals surface area contributed by atoms with Crippen LogP contribution in [0.2, 0.25) is 0 Å². The monoisotopic (exact) mass is 235 g/mol. The van der Waals surface area contributed by atoms with Crippen LogP contribution in [0, 0.1) is 12.3 Å². The van der Waals surface area contributed by atoms with Crippen molar-refractivity contribution in [2.24, 2.45) is 5.41 Å². The first kappa shape index (κ1) is 11.9. The van der Waals surface area contributed by atoms with E-state index in [1.165, 1.54) is 0 Å². The molecule has 0 unspecified atom stereocenters. The van der Waals surface area contributed by atoms with Crippen LogP contribution in [0.1, 0.15) is 22.8 Å². The van der Waals surface area contributed by atoms with Gasteiger partial charge in [-0.15, -0.1) is 0 Å². The lowest BCUT2D eigenvalue weighted by Gasteiger charge is -2.38. The minimum absolute atomic E-state index is 0.0559. The highest BCUT2D eigenvalue weighted by atomic mass is 16.5. The van der Waals surface area contributed by atoms with Gasteiger partial charge in [0.15, 0.2) is 0 Å². The summed E-state index contributed by atoms with van der Waals surface area (Å²) in [6, 6.07) is 4.96. The fourth-order valence-electron chi connectivity index (χ4n) is 1.81. The van der Waals surface area contributed by atoms with E-state index in [1.54, 1.807) is 25.1 Å². The van der Waals surface area contributed by atoms with Gasteiger partial charge in [0.1, 0.15) is 5.75 Å². The van der Waals surface area contributed by atoms with Crippen molar-refractivity contribution in [1.29, 1.82) is 0 Å². The molecule has 0 aliphatic carbocycles. The number of nitrogens with one attached hydrogen (secondary N) is 1. The topological polar surface area (TPSA) is 58.6 Å². The number of hydrogen-bond acceptors (Lipinski definition) is 3. The summed E-state index contributed by atoms with van der Waals surface area (Å²) in [5.74, 6) is 0.00219. The van der Waals surface area contributed by atoms with Gasteiger partial charge in [0.25, 0.3) is 5.91 Å². The molecule has 4 nitrogen and oxygen atoms in total. The van der Waals surface area contributed by atoms with Gasteiger partial charge in [0, 0.05) is 23.1 Å². The predicted molar refractivity (Wildman–Crippen MR) is 64.1 cm³/mol. The van der Waals surface area contributed by atoms with Crippen LogP contribution in [0.4, 0.5) is 0 Å². The first-order valence-corrected chi connectivity index (χ1v) is 5.66. The zero-order valence-corrected chi connectivity index (χ0v) is 10.1. The number of phenolic OH excluding ortho intramolecular Hbond substituents is 1. The van der Waals surface area contributed by atoms with Crippen molar-refractivity contribution < 1.29 is 14.6 Å².